The fourth-order valence-corrected chi connectivity index (χ4v) is 3.45. The van der Waals surface area contributed by atoms with E-state index in [1.165, 1.54) is 5.56 Å². The van der Waals surface area contributed by atoms with Gasteiger partial charge in [0.05, 0.1) is 0 Å². The Balaban J connectivity index is 1.29. The highest BCUT2D eigenvalue weighted by Crippen LogP contribution is 2.32. The Morgan fingerprint density at radius 1 is 0.962 bits per heavy atom. The summed E-state index contributed by atoms with van der Waals surface area (Å²) in [7, 11) is 0. The van der Waals surface area contributed by atoms with Crippen molar-refractivity contribution in [1.82, 2.24) is 9.80 Å². The summed E-state index contributed by atoms with van der Waals surface area (Å²) >= 11 is 5.93. The summed E-state index contributed by atoms with van der Waals surface area (Å²) in [5.41, 5.74) is 1.94. The molecule has 1 fully saturated rings. The summed E-state index contributed by atoms with van der Waals surface area (Å²) in [6, 6.07) is 13.4. The maximum atomic E-state index is 12.7. The number of amides is 1. The maximum Gasteiger partial charge on any atom is 0.254 e. The van der Waals surface area contributed by atoms with Gasteiger partial charge in [0.25, 0.3) is 5.91 Å². The Bertz CT molecular complexity index is 786. The molecule has 26 heavy (non-hydrogen) atoms. The molecule has 0 aromatic heterocycles. The normalized spacial score (nSPS) is 16.7. The minimum Gasteiger partial charge on any atom is -0.454 e. The van der Waals surface area contributed by atoms with Gasteiger partial charge in [-0.15, -0.1) is 0 Å². The van der Waals surface area contributed by atoms with Crippen LogP contribution in [0.4, 0.5) is 0 Å². The van der Waals surface area contributed by atoms with Crippen molar-refractivity contribution >= 4 is 17.5 Å². The van der Waals surface area contributed by atoms with Crippen LogP contribution in [-0.2, 0) is 6.42 Å². The van der Waals surface area contributed by atoms with Crippen LogP contribution in [0.15, 0.2) is 42.5 Å². The van der Waals surface area contributed by atoms with E-state index in [9.17, 15) is 4.79 Å². The topological polar surface area (TPSA) is 42.0 Å². The van der Waals surface area contributed by atoms with E-state index >= 15 is 0 Å². The third-order valence-electron chi connectivity index (χ3n) is 4.91. The van der Waals surface area contributed by atoms with E-state index in [0.29, 0.717) is 17.1 Å². The van der Waals surface area contributed by atoms with Crippen molar-refractivity contribution in [3.63, 3.8) is 0 Å². The van der Waals surface area contributed by atoms with Crippen LogP contribution in [0.25, 0.3) is 0 Å². The zero-order valence-corrected chi connectivity index (χ0v) is 15.2. The Kier molecular flexibility index (Phi) is 5.00. The minimum atomic E-state index is 0.0562. The smallest absolute Gasteiger partial charge is 0.254 e. The summed E-state index contributed by atoms with van der Waals surface area (Å²) < 4.78 is 10.7. The summed E-state index contributed by atoms with van der Waals surface area (Å²) in [5, 5.41) is 0.768. The molecule has 2 heterocycles. The number of carbonyl (C=O) groups excluding carboxylic acids is 1. The third kappa shape index (κ3) is 3.79. The first-order valence-electron chi connectivity index (χ1n) is 8.85. The van der Waals surface area contributed by atoms with Gasteiger partial charge in [-0.25, -0.2) is 0 Å². The Morgan fingerprint density at radius 2 is 1.69 bits per heavy atom. The van der Waals surface area contributed by atoms with Crippen molar-refractivity contribution in [3.8, 4) is 11.5 Å². The van der Waals surface area contributed by atoms with Crippen LogP contribution in [0.5, 0.6) is 11.5 Å². The van der Waals surface area contributed by atoms with Gasteiger partial charge in [-0.05, 0) is 42.3 Å². The van der Waals surface area contributed by atoms with Crippen LogP contribution in [0.3, 0.4) is 0 Å². The molecule has 6 heteroatoms. The van der Waals surface area contributed by atoms with Crippen molar-refractivity contribution in [3.05, 3.63) is 58.6 Å². The van der Waals surface area contributed by atoms with E-state index in [-0.39, 0.29) is 12.7 Å². The van der Waals surface area contributed by atoms with Crippen molar-refractivity contribution in [2.45, 2.75) is 6.42 Å². The van der Waals surface area contributed by atoms with Crippen LogP contribution in [0, 0.1) is 0 Å². The lowest BCUT2D eigenvalue weighted by molar-refractivity contribution is 0.0638. The number of piperazine rings is 1. The molecular formula is C20H21ClN2O3. The summed E-state index contributed by atoms with van der Waals surface area (Å²) in [4.78, 5) is 17.0. The van der Waals surface area contributed by atoms with Gasteiger partial charge in [0.1, 0.15) is 0 Å². The molecular weight excluding hydrogens is 352 g/mol. The zero-order valence-electron chi connectivity index (χ0n) is 14.5. The van der Waals surface area contributed by atoms with Gasteiger partial charge < -0.3 is 14.4 Å². The van der Waals surface area contributed by atoms with Crippen molar-refractivity contribution in [1.29, 1.82) is 0 Å². The third-order valence-corrected chi connectivity index (χ3v) is 5.16. The molecule has 4 rings (SSSR count). The number of hydrogen-bond acceptors (Lipinski definition) is 4. The van der Waals surface area contributed by atoms with E-state index in [4.69, 9.17) is 21.1 Å². The van der Waals surface area contributed by atoms with Gasteiger partial charge in [-0.3, -0.25) is 9.69 Å². The SMILES string of the molecule is O=C(c1ccc2c(c1)OCO2)N1CCN(CCc2ccc(Cl)cc2)CC1. The van der Waals surface area contributed by atoms with Crippen LogP contribution >= 0.6 is 11.6 Å². The molecule has 2 aromatic carbocycles. The second-order valence-corrected chi connectivity index (χ2v) is 7.01. The number of carbonyl (C=O) groups is 1. The second-order valence-electron chi connectivity index (χ2n) is 6.58. The van der Waals surface area contributed by atoms with Crippen LogP contribution in [0.2, 0.25) is 5.02 Å². The first-order chi connectivity index (χ1) is 12.7. The molecule has 0 N–H and O–H groups in total. The lowest BCUT2D eigenvalue weighted by atomic mass is 10.1. The molecule has 0 aliphatic carbocycles. The quantitative estimate of drug-likeness (QED) is 0.827. The number of hydrogen-bond donors (Lipinski definition) is 0. The average Bonchev–Trinajstić information content (AvgIpc) is 3.15. The van der Waals surface area contributed by atoms with Crippen molar-refractivity contribution in [2.75, 3.05) is 39.5 Å². The predicted molar refractivity (Wildman–Crippen MR) is 100 cm³/mol. The molecule has 5 nitrogen and oxygen atoms in total. The van der Waals surface area contributed by atoms with Crippen molar-refractivity contribution < 1.29 is 14.3 Å². The van der Waals surface area contributed by atoms with Gasteiger partial charge in [0.2, 0.25) is 6.79 Å². The average molecular weight is 373 g/mol. The molecule has 0 bridgehead atoms. The standard InChI is InChI=1S/C20H21ClN2O3/c21-17-4-1-15(2-5-17)7-8-22-9-11-23(12-10-22)20(24)16-3-6-18-19(13-16)26-14-25-18/h1-6,13H,7-12,14H2. The highest BCUT2D eigenvalue weighted by atomic mass is 35.5. The fraction of sp³-hybridized carbons (Fsp3) is 0.350. The Morgan fingerprint density at radius 3 is 2.46 bits per heavy atom. The minimum absolute atomic E-state index is 0.0562. The highest BCUT2D eigenvalue weighted by molar-refractivity contribution is 6.30. The van der Waals surface area contributed by atoms with Gasteiger partial charge in [-0.2, -0.15) is 0 Å². The maximum absolute atomic E-state index is 12.7. The lowest BCUT2D eigenvalue weighted by Crippen LogP contribution is -2.49. The van der Waals surface area contributed by atoms with Gasteiger partial charge in [-0.1, -0.05) is 23.7 Å². The van der Waals surface area contributed by atoms with Crippen molar-refractivity contribution in [2.24, 2.45) is 0 Å². The summed E-state index contributed by atoms with van der Waals surface area (Å²) in [6.45, 7) is 4.49. The molecule has 1 amide bonds. The van der Waals surface area contributed by atoms with E-state index in [1.807, 2.05) is 23.1 Å². The number of benzene rings is 2. The Labute approximate surface area is 158 Å². The molecule has 0 saturated carbocycles. The van der Waals surface area contributed by atoms with Crippen LogP contribution in [-0.4, -0.2) is 55.2 Å². The van der Waals surface area contributed by atoms with Crippen LogP contribution in [0.1, 0.15) is 15.9 Å². The Hall–Kier alpha value is -2.24. The first-order valence-corrected chi connectivity index (χ1v) is 9.22. The van der Waals surface area contributed by atoms with Gasteiger partial charge >= 0.3 is 0 Å². The largest absolute Gasteiger partial charge is 0.454 e. The molecule has 1 saturated heterocycles. The number of ether oxygens (including phenoxy) is 2. The van der Waals surface area contributed by atoms with E-state index in [0.717, 1.165) is 44.2 Å². The predicted octanol–water partition coefficient (Wildman–Crippen LogP) is 3.07. The monoisotopic (exact) mass is 372 g/mol. The number of fused-ring (bicyclic) bond motifs is 1. The molecule has 0 atom stereocenters. The van der Waals surface area contributed by atoms with Gasteiger partial charge in [0.15, 0.2) is 11.5 Å². The van der Waals surface area contributed by atoms with Gasteiger partial charge in [0, 0.05) is 43.3 Å². The highest BCUT2D eigenvalue weighted by Gasteiger charge is 2.24. The molecule has 2 aliphatic heterocycles. The molecule has 2 aromatic rings. The van der Waals surface area contributed by atoms with E-state index in [2.05, 4.69) is 17.0 Å². The number of halogens is 1. The number of nitrogens with zero attached hydrogens (tertiary/aromatic N) is 2. The number of rotatable bonds is 4. The lowest BCUT2D eigenvalue weighted by Gasteiger charge is -2.34. The molecule has 0 unspecified atom stereocenters. The molecule has 0 radical (unpaired) electrons. The van der Waals surface area contributed by atoms with E-state index < -0.39 is 0 Å². The second kappa shape index (κ2) is 7.56. The fourth-order valence-electron chi connectivity index (χ4n) is 3.32. The molecule has 136 valence electrons. The first kappa shape index (κ1) is 17.2. The summed E-state index contributed by atoms with van der Waals surface area (Å²) in [5.74, 6) is 1.41. The molecule has 2 aliphatic rings. The summed E-state index contributed by atoms with van der Waals surface area (Å²) in [6.07, 6.45) is 0.993. The molecule has 0 spiro atoms. The van der Waals surface area contributed by atoms with Crippen LogP contribution < -0.4 is 9.47 Å². The zero-order chi connectivity index (χ0) is 17.9. The van der Waals surface area contributed by atoms with E-state index in [1.54, 1.807) is 12.1 Å².